The van der Waals surface area contributed by atoms with E-state index in [1.54, 1.807) is 12.3 Å². The lowest BCUT2D eigenvalue weighted by molar-refractivity contribution is 0.0991. The molecule has 1 fully saturated rings. The fourth-order valence-corrected chi connectivity index (χ4v) is 3.44. The monoisotopic (exact) mass is 416 g/mol. The molecule has 3 heterocycles. The first-order valence-corrected chi connectivity index (χ1v) is 9.95. The molecule has 0 bridgehead atoms. The van der Waals surface area contributed by atoms with Gasteiger partial charge in [-0.25, -0.2) is 4.98 Å². The van der Waals surface area contributed by atoms with Crippen LogP contribution in [0.3, 0.4) is 0 Å². The molecule has 2 aromatic carbocycles. The Morgan fingerprint density at radius 2 is 1.81 bits per heavy atom. The molecular formula is C22H20N6O3. The Labute approximate surface area is 178 Å². The number of fused-ring (bicyclic) bond motifs is 1. The number of carbonyl (C=O) groups is 1. The van der Waals surface area contributed by atoms with Crippen molar-refractivity contribution in [2.45, 2.75) is 0 Å². The number of ether oxygens (including phenoxy) is 1. The normalized spacial score (nSPS) is 13.9. The summed E-state index contributed by atoms with van der Waals surface area (Å²) in [5.74, 6) is 0.208. The molecule has 1 amide bonds. The number of nitrogens with zero attached hydrogens (tertiary/aromatic N) is 4. The number of morpholine rings is 1. The minimum atomic E-state index is -0.501. The summed E-state index contributed by atoms with van der Waals surface area (Å²) in [6, 6.07) is 17.6. The lowest BCUT2D eigenvalue weighted by Gasteiger charge is -2.27. The van der Waals surface area contributed by atoms with Gasteiger partial charge in [0.1, 0.15) is 5.82 Å². The second-order valence-electron chi connectivity index (χ2n) is 7.02. The molecule has 0 radical (unpaired) electrons. The second kappa shape index (κ2) is 8.41. The SMILES string of the molecule is O=C(Nc1ccc(N2CCOCC2)nc1)c1nnc(Nc2cccc3ccccc23)o1. The first-order chi connectivity index (χ1) is 15.3. The van der Waals surface area contributed by atoms with E-state index in [4.69, 9.17) is 9.15 Å². The average molecular weight is 416 g/mol. The van der Waals surface area contributed by atoms with E-state index in [-0.39, 0.29) is 11.9 Å². The number of anilines is 4. The Morgan fingerprint density at radius 3 is 2.65 bits per heavy atom. The van der Waals surface area contributed by atoms with Gasteiger partial charge in [0.15, 0.2) is 0 Å². The summed E-state index contributed by atoms with van der Waals surface area (Å²) >= 11 is 0. The van der Waals surface area contributed by atoms with Gasteiger partial charge in [0.05, 0.1) is 30.8 Å². The van der Waals surface area contributed by atoms with E-state index in [2.05, 4.69) is 30.7 Å². The van der Waals surface area contributed by atoms with Crippen molar-refractivity contribution in [1.82, 2.24) is 15.2 Å². The number of benzene rings is 2. The summed E-state index contributed by atoms with van der Waals surface area (Å²) < 4.78 is 10.9. The molecule has 1 aliphatic rings. The van der Waals surface area contributed by atoms with Crippen molar-refractivity contribution >= 4 is 39.9 Å². The Balaban J connectivity index is 1.26. The van der Waals surface area contributed by atoms with Crippen LogP contribution in [0.2, 0.25) is 0 Å². The summed E-state index contributed by atoms with van der Waals surface area (Å²) in [6.07, 6.45) is 1.61. The van der Waals surface area contributed by atoms with Gasteiger partial charge in [0.2, 0.25) is 0 Å². The van der Waals surface area contributed by atoms with Crippen molar-refractivity contribution in [3.63, 3.8) is 0 Å². The van der Waals surface area contributed by atoms with Crippen LogP contribution in [0.15, 0.2) is 65.2 Å². The average Bonchev–Trinajstić information content (AvgIpc) is 3.29. The Morgan fingerprint density at radius 1 is 0.968 bits per heavy atom. The maximum Gasteiger partial charge on any atom is 0.320 e. The van der Waals surface area contributed by atoms with E-state index in [1.165, 1.54) is 0 Å². The number of amides is 1. The maximum atomic E-state index is 12.5. The Kier molecular flexibility index (Phi) is 5.16. The zero-order chi connectivity index (χ0) is 21.0. The number of carbonyl (C=O) groups excluding carboxylic acids is 1. The lowest BCUT2D eigenvalue weighted by Crippen LogP contribution is -2.36. The Bertz CT molecular complexity index is 1200. The van der Waals surface area contributed by atoms with Crippen LogP contribution in [0.5, 0.6) is 0 Å². The molecule has 2 N–H and O–H groups in total. The molecular weight excluding hydrogens is 396 g/mol. The standard InChI is InChI=1S/C22H20N6O3/c29-20(24-16-8-9-19(23-14-16)28-10-12-30-13-11-28)21-26-27-22(31-21)25-18-7-3-5-15-4-1-2-6-17(15)18/h1-9,14H,10-13H2,(H,24,29)(H,25,27). The van der Waals surface area contributed by atoms with Crippen LogP contribution in [0.1, 0.15) is 10.7 Å². The van der Waals surface area contributed by atoms with Gasteiger partial charge in [-0.2, -0.15) is 0 Å². The van der Waals surface area contributed by atoms with Gasteiger partial charge >= 0.3 is 17.8 Å². The number of hydrogen-bond donors (Lipinski definition) is 2. The van der Waals surface area contributed by atoms with Crippen molar-refractivity contribution in [2.75, 3.05) is 41.8 Å². The number of rotatable bonds is 5. The maximum absolute atomic E-state index is 12.5. The minimum absolute atomic E-state index is 0.139. The fraction of sp³-hybridized carbons (Fsp3) is 0.182. The predicted octanol–water partition coefficient (Wildman–Crippen LogP) is 3.45. The summed E-state index contributed by atoms with van der Waals surface area (Å²) in [5.41, 5.74) is 1.36. The molecule has 0 saturated carbocycles. The largest absolute Gasteiger partial charge is 0.399 e. The highest BCUT2D eigenvalue weighted by Gasteiger charge is 2.17. The Hall–Kier alpha value is -3.98. The predicted molar refractivity (Wildman–Crippen MR) is 117 cm³/mol. The van der Waals surface area contributed by atoms with Gasteiger partial charge in [-0.05, 0) is 23.6 Å². The highest BCUT2D eigenvalue weighted by molar-refractivity contribution is 6.01. The van der Waals surface area contributed by atoms with E-state index in [1.807, 2.05) is 48.5 Å². The van der Waals surface area contributed by atoms with Crippen molar-refractivity contribution in [2.24, 2.45) is 0 Å². The van der Waals surface area contributed by atoms with Gasteiger partial charge in [-0.1, -0.05) is 41.5 Å². The first-order valence-electron chi connectivity index (χ1n) is 9.95. The molecule has 31 heavy (non-hydrogen) atoms. The van der Waals surface area contributed by atoms with Crippen molar-refractivity contribution < 1.29 is 13.9 Å². The number of hydrogen-bond acceptors (Lipinski definition) is 8. The smallest absolute Gasteiger partial charge is 0.320 e. The number of nitrogens with one attached hydrogen (secondary N) is 2. The molecule has 5 rings (SSSR count). The van der Waals surface area contributed by atoms with Crippen molar-refractivity contribution in [3.05, 3.63) is 66.7 Å². The van der Waals surface area contributed by atoms with Crippen molar-refractivity contribution in [1.29, 1.82) is 0 Å². The van der Waals surface area contributed by atoms with Gasteiger partial charge in [0, 0.05) is 18.5 Å². The highest BCUT2D eigenvalue weighted by atomic mass is 16.5. The van der Waals surface area contributed by atoms with Crippen LogP contribution in [-0.2, 0) is 4.74 Å². The van der Waals surface area contributed by atoms with Gasteiger partial charge in [-0.15, -0.1) is 5.10 Å². The first kappa shape index (κ1) is 19.0. The second-order valence-corrected chi connectivity index (χ2v) is 7.02. The van der Waals surface area contributed by atoms with Crippen LogP contribution in [0, 0.1) is 0 Å². The third-order valence-corrected chi connectivity index (χ3v) is 4.99. The van der Waals surface area contributed by atoms with Crippen molar-refractivity contribution in [3.8, 4) is 0 Å². The molecule has 1 aliphatic heterocycles. The van der Waals surface area contributed by atoms with E-state index in [0.29, 0.717) is 18.9 Å². The zero-order valence-corrected chi connectivity index (χ0v) is 16.6. The molecule has 9 heteroatoms. The third-order valence-electron chi connectivity index (χ3n) is 4.99. The van der Waals surface area contributed by atoms with Crippen LogP contribution >= 0.6 is 0 Å². The molecule has 0 spiro atoms. The fourth-order valence-electron chi connectivity index (χ4n) is 3.44. The zero-order valence-electron chi connectivity index (χ0n) is 16.6. The summed E-state index contributed by atoms with van der Waals surface area (Å²) in [6.45, 7) is 2.97. The molecule has 0 aliphatic carbocycles. The van der Waals surface area contributed by atoms with Crippen LogP contribution in [0.4, 0.5) is 23.2 Å². The summed E-state index contributed by atoms with van der Waals surface area (Å²) in [4.78, 5) is 19.0. The van der Waals surface area contributed by atoms with Crippen LogP contribution in [0.25, 0.3) is 10.8 Å². The number of pyridine rings is 1. The van der Waals surface area contributed by atoms with Gasteiger partial charge in [0.25, 0.3) is 0 Å². The third kappa shape index (κ3) is 4.17. The summed E-state index contributed by atoms with van der Waals surface area (Å²) in [5, 5.41) is 15.7. The minimum Gasteiger partial charge on any atom is -0.399 e. The van der Waals surface area contributed by atoms with E-state index in [9.17, 15) is 4.79 Å². The molecule has 156 valence electrons. The summed E-state index contributed by atoms with van der Waals surface area (Å²) in [7, 11) is 0. The topological polar surface area (TPSA) is 105 Å². The quantitative estimate of drug-likeness (QED) is 0.510. The van der Waals surface area contributed by atoms with Crippen LogP contribution < -0.4 is 15.5 Å². The van der Waals surface area contributed by atoms with Gasteiger partial charge in [-0.3, -0.25) is 4.79 Å². The molecule has 2 aromatic heterocycles. The highest BCUT2D eigenvalue weighted by Crippen LogP contribution is 2.26. The molecule has 9 nitrogen and oxygen atoms in total. The molecule has 0 unspecified atom stereocenters. The van der Waals surface area contributed by atoms with E-state index in [0.717, 1.165) is 35.4 Å². The van der Waals surface area contributed by atoms with E-state index >= 15 is 0 Å². The van der Waals surface area contributed by atoms with Gasteiger partial charge < -0.3 is 24.7 Å². The lowest BCUT2D eigenvalue weighted by atomic mass is 10.1. The molecule has 0 atom stereocenters. The van der Waals surface area contributed by atoms with E-state index < -0.39 is 5.91 Å². The molecule has 4 aromatic rings. The number of aromatic nitrogens is 3. The molecule has 1 saturated heterocycles. The van der Waals surface area contributed by atoms with Crippen LogP contribution in [-0.4, -0.2) is 47.4 Å².